The molecule has 4 N–H and O–H groups in total. The quantitative estimate of drug-likeness (QED) is 0.382. The largest absolute Gasteiger partial charge is 0.488 e. The number of carbonyl (C=O) groups is 3. The number of hydrogen-bond acceptors (Lipinski definition) is 6. The Morgan fingerprint density at radius 3 is 2.61 bits per heavy atom. The number of thiazole rings is 1. The highest BCUT2D eigenvalue weighted by atomic mass is 32.1. The van der Waals surface area contributed by atoms with E-state index in [0.717, 1.165) is 15.8 Å². The lowest BCUT2D eigenvalue weighted by atomic mass is 10.1. The maximum absolute atomic E-state index is 12.8. The molecule has 0 radical (unpaired) electrons. The van der Waals surface area contributed by atoms with Gasteiger partial charge in [-0.2, -0.15) is 0 Å². The van der Waals surface area contributed by atoms with Crippen molar-refractivity contribution < 1.29 is 19.1 Å². The monoisotopic (exact) mass is 460 g/mol. The second-order valence-electron chi connectivity index (χ2n) is 7.19. The average Bonchev–Trinajstić information content (AvgIpc) is 3.19. The number of nitrogens with one attached hydrogen (secondary N) is 2. The van der Waals surface area contributed by atoms with Crippen LogP contribution in [0.15, 0.2) is 66.7 Å². The van der Waals surface area contributed by atoms with Crippen LogP contribution in [-0.4, -0.2) is 22.7 Å². The maximum Gasteiger partial charge on any atom is 0.257 e. The van der Waals surface area contributed by atoms with Gasteiger partial charge in [0.2, 0.25) is 5.91 Å². The molecule has 33 heavy (non-hydrogen) atoms. The van der Waals surface area contributed by atoms with E-state index in [1.807, 2.05) is 12.1 Å². The number of benzene rings is 3. The van der Waals surface area contributed by atoms with E-state index in [9.17, 15) is 14.4 Å². The third-order valence-electron chi connectivity index (χ3n) is 4.67. The van der Waals surface area contributed by atoms with Crippen molar-refractivity contribution in [2.75, 3.05) is 10.6 Å². The zero-order chi connectivity index (χ0) is 23.4. The molecule has 0 fully saturated rings. The summed E-state index contributed by atoms with van der Waals surface area (Å²) in [4.78, 5) is 40.0. The van der Waals surface area contributed by atoms with Crippen molar-refractivity contribution in [3.63, 3.8) is 0 Å². The van der Waals surface area contributed by atoms with Crippen molar-refractivity contribution in [2.24, 2.45) is 5.73 Å². The second kappa shape index (κ2) is 9.49. The number of carbonyl (C=O) groups excluding carboxylic acids is 3. The minimum atomic E-state index is -0.571. The molecule has 1 heterocycles. The summed E-state index contributed by atoms with van der Waals surface area (Å²) in [6.07, 6.45) is 0. The van der Waals surface area contributed by atoms with Gasteiger partial charge in [-0.05, 0) is 48.0 Å². The van der Waals surface area contributed by atoms with Gasteiger partial charge < -0.3 is 15.8 Å². The van der Waals surface area contributed by atoms with E-state index in [-0.39, 0.29) is 18.4 Å². The predicted octanol–water partition coefficient (Wildman–Crippen LogP) is 4.18. The van der Waals surface area contributed by atoms with Crippen molar-refractivity contribution in [1.82, 2.24) is 4.98 Å². The van der Waals surface area contributed by atoms with Crippen molar-refractivity contribution in [2.45, 2.75) is 13.5 Å². The third kappa shape index (κ3) is 5.34. The number of para-hydroxylation sites is 1. The lowest BCUT2D eigenvalue weighted by molar-refractivity contribution is -0.114. The molecule has 0 spiro atoms. The van der Waals surface area contributed by atoms with E-state index < -0.39 is 5.91 Å². The van der Waals surface area contributed by atoms with E-state index in [0.29, 0.717) is 27.7 Å². The first-order valence-electron chi connectivity index (χ1n) is 9.99. The van der Waals surface area contributed by atoms with Crippen LogP contribution in [0.5, 0.6) is 5.75 Å². The van der Waals surface area contributed by atoms with Crippen LogP contribution in [0.4, 0.5) is 10.8 Å². The molecule has 4 rings (SSSR count). The van der Waals surface area contributed by atoms with E-state index >= 15 is 0 Å². The highest BCUT2D eigenvalue weighted by Crippen LogP contribution is 2.29. The molecule has 0 saturated carbocycles. The number of hydrogen-bond donors (Lipinski definition) is 3. The fraction of sp³-hybridized carbons (Fsp3) is 0.0833. The second-order valence-corrected chi connectivity index (χ2v) is 8.22. The van der Waals surface area contributed by atoms with Crippen LogP contribution in [0.1, 0.15) is 33.2 Å². The number of aromatic nitrogens is 1. The molecule has 0 unspecified atom stereocenters. The molecule has 1 aromatic heterocycles. The Balaban J connectivity index is 1.45. The summed E-state index contributed by atoms with van der Waals surface area (Å²) in [5, 5.41) is 5.99. The standard InChI is InChI=1S/C24H20N4O4S/c1-14(29)26-17-9-10-19-21(12-17)33-24(27-19)28-23(31)16-6-4-5-15(11-16)13-32-20-8-3-2-7-18(20)22(25)30/h2-12H,13H2,1H3,(H2,25,30)(H,26,29)(H,27,28,31). The molecule has 4 aromatic rings. The maximum atomic E-state index is 12.8. The molecule has 0 saturated heterocycles. The number of primary amides is 1. The highest BCUT2D eigenvalue weighted by Gasteiger charge is 2.12. The van der Waals surface area contributed by atoms with Crippen LogP contribution in [0, 0.1) is 0 Å². The number of ether oxygens (including phenoxy) is 1. The van der Waals surface area contributed by atoms with Gasteiger partial charge in [0.05, 0.1) is 15.8 Å². The first kappa shape index (κ1) is 22.0. The van der Waals surface area contributed by atoms with Gasteiger partial charge in [0.15, 0.2) is 5.13 Å². The fourth-order valence-corrected chi connectivity index (χ4v) is 4.09. The third-order valence-corrected chi connectivity index (χ3v) is 5.60. The molecule has 0 atom stereocenters. The predicted molar refractivity (Wildman–Crippen MR) is 128 cm³/mol. The van der Waals surface area contributed by atoms with Crippen molar-refractivity contribution in [3.05, 3.63) is 83.4 Å². The normalized spacial score (nSPS) is 10.6. The van der Waals surface area contributed by atoms with Crippen LogP contribution < -0.4 is 21.1 Å². The first-order chi connectivity index (χ1) is 15.9. The number of rotatable bonds is 7. The van der Waals surface area contributed by atoms with Crippen LogP contribution in [0.3, 0.4) is 0 Å². The van der Waals surface area contributed by atoms with Gasteiger partial charge in [0.25, 0.3) is 11.8 Å². The molecule has 0 aliphatic rings. The van der Waals surface area contributed by atoms with E-state index in [1.54, 1.807) is 54.6 Å². The molecule has 0 aliphatic carbocycles. The van der Waals surface area contributed by atoms with Gasteiger partial charge in [0.1, 0.15) is 12.4 Å². The number of nitrogens with zero attached hydrogens (tertiary/aromatic N) is 1. The molecule has 3 aromatic carbocycles. The summed E-state index contributed by atoms with van der Waals surface area (Å²) in [5.74, 6) is -0.656. The summed E-state index contributed by atoms with van der Waals surface area (Å²) in [7, 11) is 0. The van der Waals surface area contributed by atoms with Gasteiger partial charge in [0, 0.05) is 18.2 Å². The fourth-order valence-electron chi connectivity index (χ4n) is 3.19. The molecular weight excluding hydrogens is 440 g/mol. The molecule has 166 valence electrons. The average molecular weight is 461 g/mol. The molecule has 9 heteroatoms. The Hall–Kier alpha value is -4.24. The van der Waals surface area contributed by atoms with Gasteiger partial charge in [-0.15, -0.1) is 0 Å². The lowest BCUT2D eigenvalue weighted by Gasteiger charge is -2.10. The van der Waals surface area contributed by atoms with Crippen LogP contribution in [-0.2, 0) is 11.4 Å². The Morgan fingerprint density at radius 2 is 1.82 bits per heavy atom. The van der Waals surface area contributed by atoms with Crippen molar-refractivity contribution >= 4 is 50.1 Å². The molecular formula is C24H20N4O4S. The smallest absolute Gasteiger partial charge is 0.257 e. The van der Waals surface area contributed by atoms with E-state index in [4.69, 9.17) is 10.5 Å². The highest BCUT2D eigenvalue weighted by molar-refractivity contribution is 7.22. The van der Waals surface area contributed by atoms with Gasteiger partial charge in [-0.25, -0.2) is 4.98 Å². The molecule has 3 amide bonds. The Labute approximate surface area is 193 Å². The summed E-state index contributed by atoms with van der Waals surface area (Å²) >= 11 is 1.31. The molecule has 0 aliphatic heterocycles. The number of nitrogens with two attached hydrogens (primary N) is 1. The van der Waals surface area contributed by atoms with Gasteiger partial charge in [-0.3, -0.25) is 19.7 Å². The SMILES string of the molecule is CC(=O)Nc1ccc2nc(NC(=O)c3cccc(COc4ccccc4C(N)=O)c3)sc2c1. The molecule has 0 bridgehead atoms. The van der Waals surface area contributed by atoms with Crippen LogP contribution >= 0.6 is 11.3 Å². The number of anilines is 2. The minimum absolute atomic E-state index is 0.158. The van der Waals surface area contributed by atoms with Gasteiger partial charge in [-0.1, -0.05) is 35.6 Å². The summed E-state index contributed by atoms with van der Waals surface area (Å²) < 4.78 is 6.58. The Morgan fingerprint density at radius 1 is 1.00 bits per heavy atom. The summed E-state index contributed by atoms with van der Waals surface area (Å²) in [6, 6.07) is 19.1. The van der Waals surface area contributed by atoms with Crippen molar-refractivity contribution in [1.29, 1.82) is 0 Å². The number of amides is 3. The number of fused-ring (bicyclic) bond motifs is 1. The first-order valence-corrected chi connectivity index (χ1v) is 10.8. The lowest BCUT2D eigenvalue weighted by Crippen LogP contribution is -2.13. The molecule has 8 nitrogen and oxygen atoms in total. The van der Waals surface area contributed by atoms with Crippen LogP contribution in [0.25, 0.3) is 10.2 Å². The van der Waals surface area contributed by atoms with E-state index in [2.05, 4.69) is 15.6 Å². The Kier molecular flexibility index (Phi) is 6.32. The van der Waals surface area contributed by atoms with Crippen LogP contribution in [0.2, 0.25) is 0 Å². The zero-order valence-electron chi connectivity index (χ0n) is 17.6. The minimum Gasteiger partial charge on any atom is -0.488 e. The zero-order valence-corrected chi connectivity index (χ0v) is 18.4. The summed E-state index contributed by atoms with van der Waals surface area (Å²) in [6.45, 7) is 1.61. The summed E-state index contributed by atoms with van der Waals surface area (Å²) in [5.41, 5.74) is 8.27. The topological polar surface area (TPSA) is 123 Å². The van der Waals surface area contributed by atoms with Crippen molar-refractivity contribution in [3.8, 4) is 5.75 Å². The Bertz CT molecular complexity index is 1370. The van der Waals surface area contributed by atoms with Gasteiger partial charge >= 0.3 is 0 Å². The van der Waals surface area contributed by atoms with E-state index in [1.165, 1.54) is 18.3 Å².